The van der Waals surface area contributed by atoms with Crippen molar-refractivity contribution < 1.29 is 19.1 Å². The number of carbonyl (C=O) groups is 2. The van der Waals surface area contributed by atoms with Crippen LogP contribution in [0.15, 0.2) is 30.3 Å². The molecule has 0 bridgehead atoms. The molecule has 1 aliphatic rings. The van der Waals surface area contributed by atoms with Crippen LogP contribution in [-0.2, 0) is 11.3 Å². The van der Waals surface area contributed by atoms with Crippen LogP contribution in [0.2, 0.25) is 5.02 Å². The molecule has 1 aromatic carbocycles. The van der Waals surface area contributed by atoms with E-state index in [0.29, 0.717) is 29.9 Å². The Morgan fingerprint density at radius 3 is 2.57 bits per heavy atom. The molecular weight excluding hydrogens is 297 g/mol. The Morgan fingerprint density at radius 1 is 1.29 bits per heavy atom. The minimum absolute atomic E-state index is 0.283. The van der Waals surface area contributed by atoms with Crippen LogP contribution in [-0.4, -0.2) is 21.4 Å². The minimum atomic E-state index is -0.950. The summed E-state index contributed by atoms with van der Waals surface area (Å²) in [7, 11) is 0. The summed E-state index contributed by atoms with van der Waals surface area (Å²) in [5.74, 6) is -2.35. The van der Waals surface area contributed by atoms with Crippen molar-refractivity contribution in [3.8, 4) is 0 Å². The molecule has 0 spiro atoms. The molecule has 0 aliphatic carbocycles. The third-order valence-corrected chi connectivity index (χ3v) is 4.00. The molecule has 2 aromatic rings. The van der Waals surface area contributed by atoms with Crippen molar-refractivity contribution in [3.05, 3.63) is 58.1 Å². The van der Waals surface area contributed by atoms with Crippen LogP contribution in [0.1, 0.15) is 34.1 Å². The summed E-state index contributed by atoms with van der Waals surface area (Å²) >= 11 is 6.09. The number of ketones is 1. The fourth-order valence-corrected chi connectivity index (χ4v) is 3.04. The highest BCUT2D eigenvalue weighted by Gasteiger charge is 2.34. The molecule has 0 saturated heterocycles. The highest BCUT2D eigenvalue weighted by Crippen LogP contribution is 2.37. The number of hydrogen-bond acceptors (Lipinski definition) is 2. The van der Waals surface area contributed by atoms with Crippen LogP contribution in [0.3, 0.4) is 0 Å². The normalized spacial score (nSPS) is 16.8. The van der Waals surface area contributed by atoms with E-state index < -0.39 is 17.7 Å². The Kier molecular flexibility index (Phi) is 3.29. The van der Waals surface area contributed by atoms with Crippen molar-refractivity contribution in [2.45, 2.75) is 18.9 Å². The molecule has 21 heavy (non-hydrogen) atoms. The predicted molar refractivity (Wildman–Crippen MR) is 74.3 cm³/mol. The van der Waals surface area contributed by atoms with Gasteiger partial charge >= 0.3 is 5.97 Å². The smallest absolute Gasteiger partial charge is 0.312 e. The SMILES string of the molecule is O=C(c1ccc(F)cc1)c1cc(Cl)c2n1CCC2C(=O)O. The maximum absolute atomic E-state index is 12.9. The molecule has 0 radical (unpaired) electrons. The molecule has 1 atom stereocenters. The molecule has 4 nitrogen and oxygen atoms in total. The van der Waals surface area contributed by atoms with Crippen LogP contribution in [0.5, 0.6) is 0 Å². The molecule has 6 heteroatoms. The van der Waals surface area contributed by atoms with E-state index in [9.17, 15) is 19.1 Å². The lowest BCUT2D eigenvalue weighted by Crippen LogP contribution is -2.10. The molecular formula is C15H11ClFNO3. The van der Waals surface area contributed by atoms with E-state index in [1.165, 1.54) is 30.3 Å². The fourth-order valence-electron chi connectivity index (χ4n) is 2.70. The zero-order chi connectivity index (χ0) is 15.1. The fraction of sp³-hybridized carbons (Fsp3) is 0.200. The summed E-state index contributed by atoms with van der Waals surface area (Å²) in [5.41, 5.74) is 1.15. The molecule has 108 valence electrons. The lowest BCUT2D eigenvalue weighted by Gasteiger charge is -2.05. The van der Waals surface area contributed by atoms with Gasteiger partial charge in [-0.1, -0.05) is 11.6 Å². The lowest BCUT2D eigenvalue weighted by molar-refractivity contribution is -0.138. The topological polar surface area (TPSA) is 59.3 Å². The molecule has 1 aromatic heterocycles. The molecule has 0 fully saturated rings. The Balaban J connectivity index is 2.03. The van der Waals surface area contributed by atoms with Gasteiger partial charge < -0.3 is 9.67 Å². The first-order valence-electron chi connectivity index (χ1n) is 6.41. The summed E-state index contributed by atoms with van der Waals surface area (Å²) in [5, 5.41) is 9.46. The molecule has 0 amide bonds. The average Bonchev–Trinajstić information content (AvgIpc) is 3.01. The van der Waals surface area contributed by atoms with Crippen molar-refractivity contribution in [2.75, 3.05) is 0 Å². The second kappa shape index (κ2) is 5.00. The van der Waals surface area contributed by atoms with Gasteiger partial charge in [0.25, 0.3) is 0 Å². The quantitative estimate of drug-likeness (QED) is 0.887. The summed E-state index contributed by atoms with van der Waals surface area (Å²) in [6.45, 7) is 0.432. The van der Waals surface area contributed by atoms with E-state index in [0.717, 1.165) is 0 Å². The number of fused-ring (bicyclic) bond motifs is 1. The monoisotopic (exact) mass is 307 g/mol. The first-order chi connectivity index (χ1) is 9.99. The summed E-state index contributed by atoms with van der Waals surface area (Å²) in [6, 6.07) is 6.70. The van der Waals surface area contributed by atoms with Gasteiger partial charge in [-0.05, 0) is 36.8 Å². The zero-order valence-electron chi connectivity index (χ0n) is 10.8. The van der Waals surface area contributed by atoms with E-state index in [1.807, 2.05) is 0 Å². The minimum Gasteiger partial charge on any atom is -0.481 e. The Labute approximate surface area is 124 Å². The Hall–Kier alpha value is -2.14. The second-order valence-corrected chi connectivity index (χ2v) is 5.34. The number of halogens is 2. The van der Waals surface area contributed by atoms with E-state index in [-0.39, 0.29) is 10.8 Å². The first-order valence-corrected chi connectivity index (χ1v) is 6.79. The van der Waals surface area contributed by atoms with E-state index in [1.54, 1.807) is 4.57 Å². The number of benzene rings is 1. The molecule has 0 saturated carbocycles. The van der Waals surface area contributed by atoms with Crippen LogP contribution in [0, 0.1) is 5.82 Å². The number of aliphatic carboxylic acids is 1. The number of carboxylic acids is 1. The molecule has 1 aliphatic heterocycles. The molecule has 3 rings (SSSR count). The average molecular weight is 308 g/mol. The number of aromatic nitrogens is 1. The molecule has 1 N–H and O–H groups in total. The van der Waals surface area contributed by atoms with Gasteiger partial charge in [0.05, 0.1) is 16.4 Å². The first kappa shape index (κ1) is 13.8. The lowest BCUT2D eigenvalue weighted by atomic mass is 10.1. The van der Waals surface area contributed by atoms with Gasteiger partial charge in [0.15, 0.2) is 0 Å². The molecule has 1 unspecified atom stereocenters. The van der Waals surface area contributed by atoms with Gasteiger partial charge in [-0.2, -0.15) is 0 Å². The highest BCUT2D eigenvalue weighted by atomic mass is 35.5. The van der Waals surface area contributed by atoms with Gasteiger partial charge in [0.2, 0.25) is 5.78 Å². The van der Waals surface area contributed by atoms with Gasteiger partial charge in [0, 0.05) is 12.1 Å². The van der Waals surface area contributed by atoms with E-state index in [2.05, 4.69) is 0 Å². The summed E-state index contributed by atoms with van der Waals surface area (Å²) < 4.78 is 14.6. The third kappa shape index (κ3) is 2.23. The standard InChI is InChI=1S/C15H11ClFNO3/c16-11-7-12(14(19)8-1-3-9(17)4-2-8)18-6-5-10(13(11)18)15(20)21/h1-4,7,10H,5-6H2,(H,20,21). The largest absolute Gasteiger partial charge is 0.481 e. The Morgan fingerprint density at radius 2 is 1.95 bits per heavy atom. The maximum atomic E-state index is 12.9. The van der Waals surface area contributed by atoms with Crippen molar-refractivity contribution >= 4 is 23.4 Å². The summed E-state index contributed by atoms with van der Waals surface area (Å²) in [4.78, 5) is 23.7. The number of hydrogen-bond donors (Lipinski definition) is 1. The molecule has 2 heterocycles. The van der Waals surface area contributed by atoms with Crippen molar-refractivity contribution in [3.63, 3.8) is 0 Å². The van der Waals surface area contributed by atoms with Crippen LogP contribution < -0.4 is 0 Å². The highest BCUT2D eigenvalue weighted by molar-refractivity contribution is 6.32. The van der Waals surface area contributed by atoms with Gasteiger partial charge in [-0.25, -0.2) is 4.39 Å². The van der Waals surface area contributed by atoms with Gasteiger partial charge in [-0.3, -0.25) is 9.59 Å². The number of carboxylic acid groups (broad SMARTS) is 1. The second-order valence-electron chi connectivity index (χ2n) is 4.93. The number of rotatable bonds is 3. The van der Waals surface area contributed by atoms with E-state index in [4.69, 9.17) is 11.6 Å². The van der Waals surface area contributed by atoms with Crippen LogP contribution in [0.25, 0.3) is 0 Å². The van der Waals surface area contributed by atoms with Crippen LogP contribution in [0.4, 0.5) is 4.39 Å². The van der Waals surface area contributed by atoms with Crippen molar-refractivity contribution in [1.82, 2.24) is 4.57 Å². The van der Waals surface area contributed by atoms with Crippen molar-refractivity contribution in [2.24, 2.45) is 0 Å². The Bertz CT molecular complexity index is 736. The number of carbonyl (C=O) groups excluding carboxylic acids is 1. The third-order valence-electron chi connectivity index (χ3n) is 3.70. The van der Waals surface area contributed by atoms with E-state index >= 15 is 0 Å². The van der Waals surface area contributed by atoms with Crippen molar-refractivity contribution in [1.29, 1.82) is 0 Å². The maximum Gasteiger partial charge on any atom is 0.312 e. The zero-order valence-corrected chi connectivity index (χ0v) is 11.6. The van der Waals surface area contributed by atoms with Gasteiger partial charge in [-0.15, -0.1) is 0 Å². The predicted octanol–water partition coefficient (Wildman–Crippen LogP) is 3.08. The summed E-state index contributed by atoms with van der Waals surface area (Å²) in [6.07, 6.45) is 0.412. The van der Waals surface area contributed by atoms with Gasteiger partial charge in [0.1, 0.15) is 11.7 Å². The number of nitrogens with zero attached hydrogens (tertiary/aromatic N) is 1. The van der Waals surface area contributed by atoms with Crippen LogP contribution >= 0.6 is 11.6 Å².